The number of halogens is 1. The SMILES string of the molecule is Cc1ccc(NC(=O)c2ccc3ccc(N4CCN(C)CC4)n3c2)cc1Cl. The van der Waals surface area contributed by atoms with Crippen molar-refractivity contribution in [2.75, 3.05) is 43.4 Å². The van der Waals surface area contributed by atoms with Gasteiger partial charge in [-0.25, -0.2) is 0 Å². The number of amides is 1. The fourth-order valence-corrected chi connectivity index (χ4v) is 3.57. The number of piperazine rings is 1. The van der Waals surface area contributed by atoms with Gasteiger partial charge >= 0.3 is 0 Å². The van der Waals surface area contributed by atoms with Crippen molar-refractivity contribution in [1.82, 2.24) is 9.30 Å². The van der Waals surface area contributed by atoms with E-state index in [0.717, 1.165) is 43.1 Å². The van der Waals surface area contributed by atoms with Gasteiger partial charge in [0, 0.05) is 48.6 Å². The molecule has 4 rings (SSSR count). The lowest BCUT2D eigenvalue weighted by molar-refractivity contribution is 0.102. The fourth-order valence-electron chi connectivity index (χ4n) is 3.39. The van der Waals surface area contributed by atoms with Crippen molar-refractivity contribution in [1.29, 1.82) is 0 Å². The Morgan fingerprint density at radius 3 is 2.52 bits per heavy atom. The molecule has 0 unspecified atom stereocenters. The minimum absolute atomic E-state index is 0.144. The summed E-state index contributed by atoms with van der Waals surface area (Å²) in [6.45, 7) is 6.00. The van der Waals surface area contributed by atoms with E-state index in [-0.39, 0.29) is 5.91 Å². The van der Waals surface area contributed by atoms with Crippen LogP contribution < -0.4 is 10.2 Å². The maximum absolute atomic E-state index is 12.7. The summed E-state index contributed by atoms with van der Waals surface area (Å²) in [6, 6.07) is 13.6. The van der Waals surface area contributed by atoms with Crippen molar-refractivity contribution in [3.05, 3.63) is 64.8 Å². The summed E-state index contributed by atoms with van der Waals surface area (Å²) < 4.78 is 2.10. The first-order valence-electron chi connectivity index (χ1n) is 9.13. The molecule has 0 aliphatic carbocycles. The third-order valence-electron chi connectivity index (χ3n) is 5.15. The molecule has 5 nitrogen and oxygen atoms in total. The van der Waals surface area contributed by atoms with Crippen LogP contribution in [0.4, 0.5) is 11.5 Å². The number of hydrogen-bond donors (Lipinski definition) is 1. The predicted octanol–water partition coefficient (Wildman–Crippen LogP) is 3.91. The van der Waals surface area contributed by atoms with Crippen LogP contribution in [0.25, 0.3) is 5.52 Å². The molecule has 1 amide bonds. The molecule has 3 aromatic rings. The molecular weight excluding hydrogens is 360 g/mol. The molecule has 1 N–H and O–H groups in total. The topological polar surface area (TPSA) is 40.0 Å². The van der Waals surface area contributed by atoms with Crippen LogP contribution in [0.5, 0.6) is 0 Å². The number of carbonyl (C=O) groups excluding carboxylic acids is 1. The van der Waals surface area contributed by atoms with Crippen LogP contribution in [0, 0.1) is 6.92 Å². The molecule has 0 saturated carbocycles. The first-order chi connectivity index (χ1) is 13.0. The van der Waals surface area contributed by atoms with Crippen molar-refractivity contribution >= 4 is 34.5 Å². The van der Waals surface area contributed by atoms with E-state index < -0.39 is 0 Å². The van der Waals surface area contributed by atoms with Crippen LogP contribution in [0.3, 0.4) is 0 Å². The van der Waals surface area contributed by atoms with Crippen molar-refractivity contribution in [3.63, 3.8) is 0 Å². The lowest BCUT2D eigenvalue weighted by Crippen LogP contribution is -2.44. The van der Waals surface area contributed by atoms with Gasteiger partial charge in [-0.15, -0.1) is 0 Å². The van der Waals surface area contributed by atoms with Gasteiger partial charge in [-0.05, 0) is 55.9 Å². The second kappa shape index (κ2) is 7.25. The summed E-state index contributed by atoms with van der Waals surface area (Å²) in [5.74, 6) is 0.987. The van der Waals surface area contributed by atoms with Gasteiger partial charge in [0.15, 0.2) is 0 Å². The zero-order valence-electron chi connectivity index (χ0n) is 15.6. The summed E-state index contributed by atoms with van der Waals surface area (Å²) in [5.41, 5.74) is 3.38. The Balaban J connectivity index is 1.59. The van der Waals surface area contributed by atoms with E-state index in [1.54, 1.807) is 6.07 Å². The molecular formula is C21H23ClN4O. The largest absolute Gasteiger partial charge is 0.355 e. The second-order valence-electron chi connectivity index (χ2n) is 7.11. The number of likely N-dealkylation sites (N-methyl/N-ethyl adjacent to an activating group) is 1. The summed E-state index contributed by atoms with van der Waals surface area (Å²) in [6.07, 6.45) is 1.91. The van der Waals surface area contributed by atoms with E-state index in [4.69, 9.17) is 11.6 Å². The average molecular weight is 383 g/mol. The smallest absolute Gasteiger partial charge is 0.257 e. The van der Waals surface area contributed by atoms with Gasteiger partial charge in [0.25, 0.3) is 5.91 Å². The van der Waals surface area contributed by atoms with E-state index in [9.17, 15) is 4.79 Å². The first-order valence-corrected chi connectivity index (χ1v) is 9.51. The van der Waals surface area contributed by atoms with Crippen LogP contribution in [-0.2, 0) is 0 Å². The average Bonchev–Trinajstić information content (AvgIpc) is 3.08. The van der Waals surface area contributed by atoms with Crippen LogP contribution in [0.1, 0.15) is 15.9 Å². The second-order valence-corrected chi connectivity index (χ2v) is 7.52. The minimum Gasteiger partial charge on any atom is -0.355 e. The molecule has 0 radical (unpaired) electrons. The van der Waals surface area contributed by atoms with Gasteiger partial charge in [-0.1, -0.05) is 17.7 Å². The van der Waals surface area contributed by atoms with Crippen LogP contribution in [0.15, 0.2) is 48.7 Å². The number of anilines is 2. The molecule has 27 heavy (non-hydrogen) atoms. The Morgan fingerprint density at radius 2 is 1.78 bits per heavy atom. The number of rotatable bonds is 3. The molecule has 1 saturated heterocycles. The zero-order chi connectivity index (χ0) is 19.0. The van der Waals surface area contributed by atoms with Crippen molar-refractivity contribution in [2.24, 2.45) is 0 Å². The standard InChI is InChI=1S/C21H23ClN4O/c1-15-3-5-17(13-19(15)22)23-21(27)16-4-6-18-7-8-20(26(18)14-16)25-11-9-24(2)10-12-25/h3-8,13-14H,9-12H2,1-2H3,(H,23,27). The maximum Gasteiger partial charge on any atom is 0.257 e. The van der Waals surface area contributed by atoms with E-state index in [2.05, 4.69) is 38.7 Å². The number of pyridine rings is 1. The fraction of sp³-hybridized carbons (Fsp3) is 0.286. The van der Waals surface area contributed by atoms with E-state index in [0.29, 0.717) is 16.3 Å². The molecule has 2 aromatic heterocycles. The van der Waals surface area contributed by atoms with Crippen LogP contribution in [0.2, 0.25) is 5.02 Å². The van der Waals surface area contributed by atoms with Crippen LogP contribution in [-0.4, -0.2) is 48.4 Å². The predicted molar refractivity (Wildman–Crippen MR) is 111 cm³/mol. The summed E-state index contributed by atoms with van der Waals surface area (Å²) >= 11 is 6.16. The summed E-state index contributed by atoms with van der Waals surface area (Å²) in [5, 5.41) is 3.58. The molecule has 1 aliphatic heterocycles. The van der Waals surface area contributed by atoms with E-state index in [1.165, 1.54) is 0 Å². The van der Waals surface area contributed by atoms with Gasteiger partial charge in [0.2, 0.25) is 0 Å². The number of carbonyl (C=O) groups is 1. The number of fused-ring (bicyclic) bond motifs is 1. The lowest BCUT2D eigenvalue weighted by Gasteiger charge is -2.33. The Hall–Kier alpha value is -2.50. The third-order valence-corrected chi connectivity index (χ3v) is 5.56. The quantitative estimate of drug-likeness (QED) is 0.746. The molecule has 1 aliphatic rings. The molecule has 0 bridgehead atoms. The van der Waals surface area contributed by atoms with Gasteiger partial charge in [-0.2, -0.15) is 0 Å². The normalized spacial score (nSPS) is 15.3. The molecule has 1 fully saturated rings. The Kier molecular flexibility index (Phi) is 4.81. The Labute approximate surface area is 164 Å². The highest BCUT2D eigenvalue weighted by Gasteiger charge is 2.17. The maximum atomic E-state index is 12.7. The molecule has 0 spiro atoms. The van der Waals surface area contributed by atoms with Gasteiger partial charge in [0.05, 0.1) is 5.56 Å². The molecule has 6 heteroatoms. The third kappa shape index (κ3) is 3.66. The lowest BCUT2D eigenvalue weighted by atomic mass is 10.2. The molecule has 1 aromatic carbocycles. The van der Waals surface area contributed by atoms with Gasteiger partial charge in [-0.3, -0.25) is 4.79 Å². The number of hydrogen-bond acceptors (Lipinski definition) is 3. The van der Waals surface area contributed by atoms with Crippen molar-refractivity contribution < 1.29 is 4.79 Å². The first kappa shape index (κ1) is 17.9. The Bertz CT molecular complexity index is 989. The molecule has 3 heterocycles. The zero-order valence-corrected chi connectivity index (χ0v) is 16.3. The Morgan fingerprint density at radius 1 is 1.04 bits per heavy atom. The number of nitrogens with one attached hydrogen (secondary N) is 1. The summed E-state index contributed by atoms with van der Waals surface area (Å²) in [7, 11) is 2.15. The number of benzene rings is 1. The van der Waals surface area contributed by atoms with Crippen molar-refractivity contribution in [3.8, 4) is 0 Å². The van der Waals surface area contributed by atoms with Gasteiger partial charge in [0.1, 0.15) is 5.82 Å². The highest BCUT2D eigenvalue weighted by molar-refractivity contribution is 6.31. The summed E-state index contributed by atoms with van der Waals surface area (Å²) in [4.78, 5) is 17.4. The molecule has 140 valence electrons. The molecule has 0 atom stereocenters. The monoisotopic (exact) mass is 382 g/mol. The number of aromatic nitrogens is 1. The van der Waals surface area contributed by atoms with Crippen LogP contribution >= 0.6 is 11.6 Å². The highest BCUT2D eigenvalue weighted by Crippen LogP contribution is 2.23. The highest BCUT2D eigenvalue weighted by atomic mass is 35.5. The minimum atomic E-state index is -0.144. The van der Waals surface area contributed by atoms with E-state index >= 15 is 0 Å². The number of aryl methyl sites for hydroxylation is 1. The number of nitrogens with zero attached hydrogens (tertiary/aromatic N) is 3. The van der Waals surface area contributed by atoms with Crippen molar-refractivity contribution in [2.45, 2.75) is 6.92 Å². The van der Waals surface area contributed by atoms with E-state index in [1.807, 2.05) is 37.4 Å². The van der Waals surface area contributed by atoms with Gasteiger partial charge < -0.3 is 19.5 Å².